The molecule has 18 heavy (non-hydrogen) atoms. The van der Waals surface area contributed by atoms with Crippen LogP contribution < -0.4 is 5.32 Å². The number of aromatic carboxylic acids is 1. The lowest BCUT2D eigenvalue weighted by atomic mass is 10.1. The van der Waals surface area contributed by atoms with E-state index in [2.05, 4.69) is 5.32 Å². The smallest absolute Gasteiger partial charge is 0.417 e. The SMILES string of the molecule is CC(=O)Nc1cc(C(F)(F)F)c(I)cc1C(=O)O. The van der Waals surface area contributed by atoms with Gasteiger partial charge in [-0.2, -0.15) is 13.2 Å². The summed E-state index contributed by atoms with van der Waals surface area (Å²) in [5, 5.41) is 10.9. The number of amides is 1. The monoisotopic (exact) mass is 373 g/mol. The predicted molar refractivity (Wildman–Crippen MR) is 65.4 cm³/mol. The van der Waals surface area contributed by atoms with Gasteiger partial charge >= 0.3 is 12.1 Å². The van der Waals surface area contributed by atoms with E-state index in [4.69, 9.17) is 5.11 Å². The highest BCUT2D eigenvalue weighted by Gasteiger charge is 2.34. The van der Waals surface area contributed by atoms with E-state index in [-0.39, 0.29) is 14.8 Å². The van der Waals surface area contributed by atoms with Crippen molar-refractivity contribution in [2.45, 2.75) is 13.1 Å². The number of nitrogens with one attached hydrogen (secondary N) is 1. The molecule has 0 aliphatic heterocycles. The van der Waals surface area contributed by atoms with Crippen molar-refractivity contribution >= 4 is 40.2 Å². The summed E-state index contributed by atoms with van der Waals surface area (Å²) in [5.41, 5.74) is -1.75. The Labute approximate surface area is 113 Å². The average Bonchev–Trinajstić information content (AvgIpc) is 2.17. The Morgan fingerprint density at radius 3 is 2.28 bits per heavy atom. The number of carbonyl (C=O) groups is 2. The molecular weight excluding hydrogens is 366 g/mol. The van der Waals surface area contributed by atoms with Crippen LogP contribution in [0.1, 0.15) is 22.8 Å². The minimum absolute atomic E-state index is 0.244. The summed E-state index contributed by atoms with van der Waals surface area (Å²) >= 11 is 1.40. The molecule has 98 valence electrons. The molecule has 2 N–H and O–H groups in total. The first-order valence-corrected chi connectivity index (χ1v) is 5.62. The van der Waals surface area contributed by atoms with Gasteiger partial charge in [0.25, 0.3) is 0 Å². The number of hydrogen-bond donors (Lipinski definition) is 2. The molecule has 0 spiro atoms. The molecule has 0 atom stereocenters. The Morgan fingerprint density at radius 2 is 1.89 bits per heavy atom. The first-order valence-electron chi connectivity index (χ1n) is 4.54. The van der Waals surface area contributed by atoms with Crippen molar-refractivity contribution < 1.29 is 27.9 Å². The zero-order valence-corrected chi connectivity index (χ0v) is 11.1. The second-order valence-electron chi connectivity index (χ2n) is 3.36. The molecule has 0 heterocycles. The van der Waals surface area contributed by atoms with Crippen LogP contribution in [-0.2, 0) is 11.0 Å². The molecule has 1 aromatic rings. The van der Waals surface area contributed by atoms with Gasteiger partial charge in [0.15, 0.2) is 0 Å². The first-order chi connectivity index (χ1) is 8.12. The molecule has 1 amide bonds. The Morgan fingerprint density at radius 1 is 1.33 bits per heavy atom. The number of carboxylic acids is 1. The Balaban J connectivity index is 3.45. The lowest BCUT2D eigenvalue weighted by molar-refractivity contribution is -0.138. The van der Waals surface area contributed by atoms with Gasteiger partial charge in [-0.15, -0.1) is 0 Å². The number of carbonyl (C=O) groups excluding carboxylic acids is 1. The first kappa shape index (κ1) is 14.7. The van der Waals surface area contributed by atoms with Crippen LogP contribution in [0.3, 0.4) is 0 Å². The summed E-state index contributed by atoms with van der Waals surface area (Å²) in [5.74, 6) is -2.06. The fraction of sp³-hybridized carbons (Fsp3) is 0.200. The molecule has 0 aromatic heterocycles. The van der Waals surface area contributed by atoms with Gasteiger partial charge in [0.2, 0.25) is 5.91 Å². The van der Waals surface area contributed by atoms with Gasteiger partial charge in [-0.1, -0.05) is 0 Å². The Bertz CT molecular complexity index is 514. The maximum Gasteiger partial charge on any atom is 0.417 e. The van der Waals surface area contributed by atoms with Crippen LogP contribution in [0.15, 0.2) is 12.1 Å². The molecule has 0 unspecified atom stereocenters. The molecule has 0 saturated carbocycles. The number of benzene rings is 1. The Kier molecular flexibility index (Phi) is 4.20. The van der Waals surface area contributed by atoms with Gasteiger partial charge in [-0.3, -0.25) is 4.79 Å². The summed E-state index contributed by atoms with van der Waals surface area (Å²) in [6.45, 7) is 1.08. The molecule has 1 aromatic carbocycles. The van der Waals surface area contributed by atoms with Gasteiger partial charge in [0.05, 0.1) is 16.8 Å². The molecule has 0 aliphatic carbocycles. The lowest BCUT2D eigenvalue weighted by Gasteiger charge is -2.13. The number of carboxylic acid groups (broad SMARTS) is 1. The van der Waals surface area contributed by atoms with Crippen LogP contribution in [-0.4, -0.2) is 17.0 Å². The molecule has 0 bridgehead atoms. The van der Waals surface area contributed by atoms with Crippen molar-refractivity contribution in [3.05, 3.63) is 26.8 Å². The zero-order chi connectivity index (χ0) is 14.1. The molecule has 4 nitrogen and oxygen atoms in total. The van der Waals surface area contributed by atoms with Gasteiger partial charge < -0.3 is 10.4 Å². The summed E-state index contributed by atoms with van der Waals surface area (Å²) in [6, 6.07) is 1.49. The summed E-state index contributed by atoms with van der Waals surface area (Å²) in [6.07, 6.45) is -4.61. The number of alkyl halides is 3. The van der Waals surface area contributed by atoms with Crippen molar-refractivity contribution in [3.63, 3.8) is 0 Å². The van der Waals surface area contributed by atoms with Crippen LogP contribution >= 0.6 is 22.6 Å². The zero-order valence-electron chi connectivity index (χ0n) is 8.93. The topological polar surface area (TPSA) is 66.4 Å². The van der Waals surface area contributed by atoms with E-state index in [1.807, 2.05) is 0 Å². The van der Waals surface area contributed by atoms with E-state index in [9.17, 15) is 22.8 Å². The van der Waals surface area contributed by atoms with Crippen molar-refractivity contribution in [2.75, 3.05) is 5.32 Å². The quantitative estimate of drug-likeness (QED) is 0.784. The van der Waals surface area contributed by atoms with Gasteiger partial charge in [0.1, 0.15) is 0 Å². The molecule has 8 heteroatoms. The molecule has 0 radical (unpaired) electrons. The summed E-state index contributed by atoms with van der Waals surface area (Å²) < 4.78 is 37.7. The third-order valence-electron chi connectivity index (χ3n) is 1.95. The highest BCUT2D eigenvalue weighted by Crippen LogP contribution is 2.36. The maximum absolute atomic E-state index is 12.6. The second-order valence-corrected chi connectivity index (χ2v) is 4.52. The lowest BCUT2D eigenvalue weighted by Crippen LogP contribution is -2.15. The van der Waals surface area contributed by atoms with Gasteiger partial charge in [0, 0.05) is 10.5 Å². The highest BCUT2D eigenvalue weighted by molar-refractivity contribution is 14.1. The predicted octanol–water partition coefficient (Wildman–Crippen LogP) is 2.97. The van der Waals surface area contributed by atoms with E-state index < -0.39 is 23.6 Å². The van der Waals surface area contributed by atoms with E-state index in [1.54, 1.807) is 0 Å². The van der Waals surface area contributed by atoms with Crippen LogP contribution in [0.25, 0.3) is 0 Å². The van der Waals surface area contributed by atoms with Crippen molar-refractivity contribution in [3.8, 4) is 0 Å². The number of anilines is 1. The van der Waals surface area contributed by atoms with Crippen LogP contribution in [0.2, 0.25) is 0 Å². The van der Waals surface area contributed by atoms with Gasteiger partial charge in [-0.25, -0.2) is 4.79 Å². The minimum Gasteiger partial charge on any atom is -0.478 e. The van der Waals surface area contributed by atoms with Crippen molar-refractivity contribution in [1.29, 1.82) is 0 Å². The fourth-order valence-electron chi connectivity index (χ4n) is 1.26. The van der Waals surface area contributed by atoms with Crippen molar-refractivity contribution in [1.82, 2.24) is 0 Å². The molecule has 0 saturated heterocycles. The fourth-order valence-corrected chi connectivity index (χ4v) is 2.03. The largest absolute Gasteiger partial charge is 0.478 e. The van der Waals surface area contributed by atoms with E-state index in [0.29, 0.717) is 6.07 Å². The van der Waals surface area contributed by atoms with Crippen LogP contribution in [0, 0.1) is 3.57 Å². The third kappa shape index (κ3) is 3.34. The van der Waals surface area contributed by atoms with Crippen LogP contribution in [0.5, 0.6) is 0 Å². The normalized spacial score (nSPS) is 11.2. The van der Waals surface area contributed by atoms with Gasteiger partial charge in [-0.05, 0) is 34.7 Å². The standard InChI is InChI=1S/C10H7F3INO3/c1-4(16)15-8-3-6(10(11,12)13)7(14)2-5(8)9(17)18/h2-3H,1H3,(H,15,16)(H,17,18). The number of hydrogen-bond acceptors (Lipinski definition) is 2. The summed E-state index contributed by atoms with van der Waals surface area (Å²) in [7, 11) is 0. The molecule has 1 rings (SSSR count). The number of rotatable bonds is 2. The summed E-state index contributed by atoms with van der Waals surface area (Å²) in [4.78, 5) is 21.7. The third-order valence-corrected chi connectivity index (χ3v) is 2.85. The van der Waals surface area contributed by atoms with Crippen LogP contribution in [0.4, 0.5) is 18.9 Å². The molecular formula is C10H7F3INO3. The number of halogens is 4. The van der Waals surface area contributed by atoms with E-state index >= 15 is 0 Å². The van der Waals surface area contributed by atoms with E-state index in [1.165, 1.54) is 22.6 Å². The Hall–Kier alpha value is -1.32. The highest BCUT2D eigenvalue weighted by atomic mass is 127. The molecule has 0 fully saturated rings. The molecule has 0 aliphatic rings. The van der Waals surface area contributed by atoms with E-state index in [0.717, 1.165) is 13.0 Å². The maximum atomic E-state index is 12.6. The minimum atomic E-state index is -4.61. The second kappa shape index (κ2) is 5.12. The van der Waals surface area contributed by atoms with Crippen molar-refractivity contribution in [2.24, 2.45) is 0 Å². The average molecular weight is 373 g/mol.